The van der Waals surface area contributed by atoms with Crippen LogP contribution in [0.1, 0.15) is 32.1 Å². The molecule has 0 saturated heterocycles. The van der Waals surface area contributed by atoms with E-state index in [-0.39, 0.29) is 17.9 Å². The number of amides is 1. The number of carbonyl (C=O) groups excluding carboxylic acids is 1. The highest BCUT2D eigenvalue weighted by Crippen LogP contribution is 2.21. The molecule has 1 saturated carbocycles. The molecule has 1 aromatic rings. The molecule has 1 amide bonds. The number of aromatic nitrogens is 1. The molecule has 104 valence electrons. The monoisotopic (exact) mass is 264 g/mol. The molecule has 2 rings (SSSR count). The summed E-state index contributed by atoms with van der Waals surface area (Å²) < 4.78 is 5.31. The molecule has 0 spiro atoms. The van der Waals surface area contributed by atoms with Crippen LogP contribution >= 0.6 is 0 Å². The lowest BCUT2D eigenvalue weighted by Crippen LogP contribution is -2.40. The van der Waals surface area contributed by atoms with Crippen molar-refractivity contribution in [3.8, 4) is 5.88 Å². The smallest absolute Gasteiger partial charge is 0.260 e. The summed E-state index contributed by atoms with van der Waals surface area (Å²) in [6.07, 6.45) is 7.30. The molecule has 0 aromatic carbocycles. The second-order valence-electron chi connectivity index (χ2n) is 4.97. The molecule has 5 nitrogen and oxygen atoms in total. The fourth-order valence-electron chi connectivity index (χ4n) is 2.42. The van der Waals surface area contributed by atoms with Crippen molar-refractivity contribution in [1.82, 2.24) is 9.88 Å². The minimum Gasteiger partial charge on any atom is -0.469 e. The minimum absolute atomic E-state index is 0.0348. The Hall–Kier alpha value is -1.78. The Labute approximate surface area is 112 Å². The summed E-state index contributed by atoms with van der Waals surface area (Å²) in [5, 5.41) is 0. The average Bonchev–Trinajstić information content (AvgIpc) is 2.45. The average molecular weight is 264 g/mol. The van der Waals surface area contributed by atoms with Crippen LogP contribution in [0, 0.1) is 0 Å². The van der Waals surface area contributed by atoms with E-state index >= 15 is 0 Å². The van der Waals surface area contributed by atoms with E-state index in [1.165, 1.54) is 37.6 Å². The van der Waals surface area contributed by atoms with Gasteiger partial charge in [-0.05, 0) is 12.8 Å². The first kappa shape index (κ1) is 13.6. The molecule has 1 fully saturated rings. The van der Waals surface area contributed by atoms with E-state index in [1.807, 2.05) is 7.05 Å². The van der Waals surface area contributed by atoms with Crippen LogP contribution in [0.4, 0.5) is 0 Å². The number of rotatable bonds is 4. The first-order chi connectivity index (χ1) is 9.16. The van der Waals surface area contributed by atoms with Crippen molar-refractivity contribution in [3.63, 3.8) is 0 Å². The minimum atomic E-state index is -0.137. The molecule has 5 heteroatoms. The van der Waals surface area contributed by atoms with Gasteiger partial charge in [0.15, 0.2) is 17.9 Å². The number of pyridine rings is 1. The van der Waals surface area contributed by atoms with Gasteiger partial charge in [-0.2, -0.15) is 0 Å². The van der Waals surface area contributed by atoms with Crippen LogP contribution in [0.2, 0.25) is 0 Å². The topological polar surface area (TPSA) is 62.4 Å². The largest absolute Gasteiger partial charge is 0.469 e. The van der Waals surface area contributed by atoms with Crippen molar-refractivity contribution in [2.75, 3.05) is 13.7 Å². The van der Waals surface area contributed by atoms with E-state index in [2.05, 4.69) is 4.98 Å². The lowest BCUT2D eigenvalue weighted by Gasteiger charge is -2.31. The molecule has 1 heterocycles. The third kappa shape index (κ3) is 3.84. The summed E-state index contributed by atoms with van der Waals surface area (Å²) in [5.74, 6) is 0.287. The Morgan fingerprint density at radius 3 is 2.84 bits per heavy atom. The van der Waals surface area contributed by atoms with Crippen molar-refractivity contribution < 1.29 is 9.53 Å². The van der Waals surface area contributed by atoms with Crippen molar-refractivity contribution in [2.45, 2.75) is 38.1 Å². The Morgan fingerprint density at radius 1 is 1.42 bits per heavy atom. The Kier molecular flexibility index (Phi) is 4.60. The van der Waals surface area contributed by atoms with E-state index < -0.39 is 0 Å². The van der Waals surface area contributed by atoms with Crippen LogP contribution in [0.5, 0.6) is 5.88 Å². The van der Waals surface area contributed by atoms with Gasteiger partial charge in [-0.15, -0.1) is 0 Å². The maximum atomic E-state index is 12.0. The molecule has 1 aliphatic carbocycles. The summed E-state index contributed by atoms with van der Waals surface area (Å²) >= 11 is 0. The molecule has 19 heavy (non-hydrogen) atoms. The maximum Gasteiger partial charge on any atom is 0.260 e. The molecule has 0 radical (unpaired) electrons. The zero-order valence-electron chi connectivity index (χ0n) is 11.2. The molecule has 1 N–H and O–H groups in total. The summed E-state index contributed by atoms with van der Waals surface area (Å²) in [6.45, 7) is -0.0348. The SMILES string of the molecule is CN(C(=O)COc1cc(=O)cc[nH]1)C1CCCCC1. The van der Waals surface area contributed by atoms with Gasteiger partial charge in [0.05, 0.1) is 0 Å². The highest BCUT2D eigenvalue weighted by Gasteiger charge is 2.22. The van der Waals surface area contributed by atoms with Crippen LogP contribution in [0.25, 0.3) is 0 Å². The van der Waals surface area contributed by atoms with Gasteiger partial charge < -0.3 is 14.6 Å². The molecule has 0 bridgehead atoms. The lowest BCUT2D eigenvalue weighted by molar-refractivity contribution is -0.134. The standard InChI is InChI=1S/C14H20N2O3/c1-16(11-5-3-2-4-6-11)14(18)10-19-13-9-12(17)7-8-15-13/h7-9,11H,2-6,10H2,1H3,(H,15,17). The number of hydrogen-bond donors (Lipinski definition) is 1. The van der Waals surface area contributed by atoms with Gasteiger partial charge in [0.1, 0.15) is 0 Å². The number of nitrogens with one attached hydrogen (secondary N) is 1. The Balaban J connectivity index is 1.85. The van der Waals surface area contributed by atoms with Crippen LogP contribution in [0.15, 0.2) is 23.1 Å². The number of nitrogens with zero attached hydrogens (tertiary/aromatic N) is 1. The van der Waals surface area contributed by atoms with Gasteiger partial charge in [-0.25, -0.2) is 0 Å². The molecule has 1 aromatic heterocycles. The normalized spacial score (nSPS) is 16.1. The zero-order valence-corrected chi connectivity index (χ0v) is 11.2. The molecule has 0 aliphatic heterocycles. The van der Waals surface area contributed by atoms with Crippen LogP contribution in [0.3, 0.4) is 0 Å². The number of ether oxygens (including phenoxy) is 1. The lowest BCUT2D eigenvalue weighted by atomic mass is 9.94. The van der Waals surface area contributed by atoms with Crippen LogP contribution in [-0.4, -0.2) is 35.5 Å². The molecule has 0 atom stereocenters. The van der Waals surface area contributed by atoms with Gasteiger partial charge in [0.25, 0.3) is 5.91 Å². The first-order valence-electron chi connectivity index (χ1n) is 6.74. The summed E-state index contributed by atoms with van der Waals surface area (Å²) in [4.78, 5) is 27.7. The third-order valence-corrected chi connectivity index (χ3v) is 3.61. The summed E-state index contributed by atoms with van der Waals surface area (Å²) in [6, 6.07) is 3.08. The highest BCUT2D eigenvalue weighted by molar-refractivity contribution is 5.77. The van der Waals surface area contributed by atoms with E-state index in [0.717, 1.165) is 12.8 Å². The maximum absolute atomic E-state index is 12.0. The van der Waals surface area contributed by atoms with Crippen LogP contribution in [-0.2, 0) is 4.79 Å². The van der Waals surface area contributed by atoms with E-state index in [4.69, 9.17) is 4.74 Å². The Morgan fingerprint density at radius 2 is 2.16 bits per heavy atom. The zero-order chi connectivity index (χ0) is 13.7. The van der Waals surface area contributed by atoms with Gasteiger partial charge >= 0.3 is 0 Å². The number of likely N-dealkylation sites (N-methyl/N-ethyl adjacent to an activating group) is 1. The highest BCUT2D eigenvalue weighted by atomic mass is 16.5. The van der Waals surface area contributed by atoms with E-state index in [0.29, 0.717) is 11.9 Å². The van der Waals surface area contributed by atoms with E-state index in [1.54, 1.807) is 4.90 Å². The second kappa shape index (κ2) is 6.41. The quantitative estimate of drug-likeness (QED) is 0.897. The van der Waals surface area contributed by atoms with Gasteiger partial charge in [0, 0.05) is 31.4 Å². The van der Waals surface area contributed by atoms with Crippen molar-refractivity contribution in [3.05, 3.63) is 28.6 Å². The summed E-state index contributed by atoms with van der Waals surface area (Å²) in [7, 11) is 1.83. The van der Waals surface area contributed by atoms with Gasteiger partial charge in [-0.1, -0.05) is 19.3 Å². The molecule has 0 unspecified atom stereocenters. The predicted molar refractivity (Wildman–Crippen MR) is 72.2 cm³/mol. The number of hydrogen-bond acceptors (Lipinski definition) is 3. The van der Waals surface area contributed by atoms with E-state index in [9.17, 15) is 9.59 Å². The fraction of sp³-hybridized carbons (Fsp3) is 0.571. The van der Waals surface area contributed by atoms with Gasteiger partial charge in [-0.3, -0.25) is 9.59 Å². The molecular formula is C14H20N2O3. The second-order valence-corrected chi connectivity index (χ2v) is 4.97. The van der Waals surface area contributed by atoms with Crippen molar-refractivity contribution in [1.29, 1.82) is 0 Å². The number of aromatic amines is 1. The third-order valence-electron chi connectivity index (χ3n) is 3.61. The molecule has 1 aliphatic rings. The Bertz CT molecular complexity index is 478. The first-order valence-corrected chi connectivity index (χ1v) is 6.74. The van der Waals surface area contributed by atoms with Gasteiger partial charge in [0.2, 0.25) is 0 Å². The number of H-pyrrole nitrogens is 1. The number of carbonyl (C=O) groups is 1. The van der Waals surface area contributed by atoms with Crippen LogP contribution < -0.4 is 10.2 Å². The van der Waals surface area contributed by atoms with Crippen molar-refractivity contribution >= 4 is 5.91 Å². The fourth-order valence-corrected chi connectivity index (χ4v) is 2.42. The molecular weight excluding hydrogens is 244 g/mol. The van der Waals surface area contributed by atoms with Crippen molar-refractivity contribution in [2.24, 2.45) is 0 Å². The predicted octanol–water partition coefficient (Wildman–Crippen LogP) is 1.54. The summed E-state index contributed by atoms with van der Waals surface area (Å²) in [5.41, 5.74) is -0.137.